The molecule has 22 heavy (non-hydrogen) atoms. The van der Waals surface area contributed by atoms with Gasteiger partial charge >= 0.3 is 0 Å². The van der Waals surface area contributed by atoms with Gasteiger partial charge in [0.05, 0.1) is 25.8 Å². The zero-order valence-corrected chi connectivity index (χ0v) is 13.3. The number of rotatable bonds is 2. The third kappa shape index (κ3) is 2.00. The largest absolute Gasteiger partial charge is 0.263 e. The third-order valence-corrected chi connectivity index (χ3v) is 4.81. The van der Waals surface area contributed by atoms with Gasteiger partial charge in [-0.2, -0.15) is 8.75 Å². The standard InChI is InChI=1S/C18H16N3S/c1-21(2,14-10-11-16-17(12-14)20-22-19-16)18-9-5-7-13-6-3-4-8-15(13)18/h3-12H,1-2H3/q+1. The number of quaternary nitrogens is 1. The van der Waals surface area contributed by atoms with Crippen molar-refractivity contribution in [2.75, 3.05) is 14.1 Å². The minimum Gasteiger partial charge on any atom is -0.263 e. The van der Waals surface area contributed by atoms with Gasteiger partial charge in [0.1, 0.15) is 22.4 Å². The van der Waals surface area contributed by atoms with Crippen LogP contribution in [0.25, 0.3) is 21.8 Å². The van der Waals surface area contributed by atoms with Crippen molar-refractivity contribution in [2.24, 2.45) is 0 Å². The Balaban J connectivity index is 1.94. The predicted octanol–water partition coefficient (Wildman–Crippen LogP) is 4.74. The molecule has 0 atom stereocenters. The summed E-state index contributed by atoms with van der Waals surface area (Å²) in [7, 11) is 4.42. The first-order valence-corrected chi connectivity index (χ1v) is 7.94. The van der Waals surface area contributed by atoms with E-state index in [1.807, 2.05) is 0 Å². The molecular weight excluding hydrogens is 290 g/mol. The van der Waals surface area contributed by atoms with Crippen LogP contribution in [-0.2, 0) is 0 Å². The van der Waals surface area contributed by atoms with E-state index in [4.69, 9.17) is 0 Å². The van der Waals surface area contributed by atoms with E-state index in [-0.39, 0.29) is 0 Å². The maximum Gasteiger partial charge on any atom is 0.145 e. The zero-order chi connectivity index (χ0) is 15.2. The minimum atomic E-state index is 0.675. The van der Waals surface area contributed by atoms with Crippen LogP contribution >= 0.6 is 11.7 Å². The quantitative estimate of drug-likeness (QED) is 0.500. The van der Waals surface area contributed by atoms with Crippen molar-refractivity contribution >= 4 is 44.9 Å². The van der Waals surface area contributed by atoms with Gasteiger partial charge in [0.2, 0.25) is 0 Å². The average Bonchev–Trinajstić information content (AvgIpc) is 3.02. The summed E-state index contributed by atoms with van der Waals surface area (Å²) in [6.07, 6.45) is 0. The van der Waals surface area contributed by atoms with Gasteiger partial charge in [-0.1, -0.05) is 30.3 Å². The van der Waals surface area contributed by atoms with Crippen molar-refractivity contribution in [3.05, 3.63) is 60.7 Å². The van der Waals surface area contributed by atoms with E-state index in [9.17, 15) is 0 Å². The Hall–Kier alpha value is -2.30. The molecule has 108 valence electrons. The molecule has 0 saturated carbocycles. The Morgan fingerprint density at radius 3 is 2.50 bits per heavy atom. The fourth-order valence-corrected chi connectivity index (χ4v) is 3.47. The molecular formula is C18H16N3S+. The number of fused-ring (bicyclic) bond motifs is 2. The summed E-state index contributed by atoms with van der Waals surface area (Å²) in [4.78, 5) is 0. The molecule has 0 aliphatic heterocycles. The summed E-state index contributed by atoms with van der Waals surface area (Å²) in [6, 6.07) is 21.3. The van der Waals surface area contributed by atoms with Gasteiger partial charge in [-0.05, 0) is 17.5 Å². The lowest BCUT2D eigenvalue weighted by Gasteiger charge is -2.29. The first-order valence-electron chi connectivity index (χ1n) is 7.21. The molecule has 4 aromatic rings. The van der Waals surface area contributed by atoms with E-state index in [1.54, 1.807) is 0 Å². The van der Waals surface area contributed by atoms with Crippen molar-refractivity contribution < 1.29 is 0 Å². The highest BCUT2D eigenvalue weighted by Crippen LogP contribution is 2.37. The summed E-state index contributed by atoms with van der Waals surface area (Å²) in [6.45, 7) is 0. The van der Waals surface area contributed by atoms with Crippen LogP contribution in [0.5, 0.6) is 0 Å². The van der Waals surface area contributed by atoms with Gasteiger partial charge in [0, 0.05) is 23.6 Å². The lowest BCUT2D eigenvalue weighted by Crippen LogP contribution is -2.34. The highest BCUT2D eigenvalue weighted by molar-refractivity contribution is 7.00. The summed E-state index contributed by atoms with van der Waals surface area (Å²) >= 11 is 1.26. The van der Waals surface area contributed by atoms with Crippen molar-refractivity contribution in [3.8, 4) is 0 Å². The molecule has 3 aromatic carbocycles. The lowest BCUT2D eigenvalue weighted by molar-refractivity contribution is 0.560. The number of hydrogen-bond donors (Lipinski definition) is 0. The second-order valence-electron chi connectivity index (χ2n) is 5.89. The molecule has 0 aliphatic rings. The van der Waals surface area contributed by atoms with Gasteiger partial charge in [-0.25, -0.2) is 0 Å². The maximum absolute atomic E-state index is 4.37. The molecule has 0 aliphatic carbocycles. The molecule has 1 heterocycles. The Morgan fingerprint density at radius 2 is 1.59 bits per heavy atom. The molecule has 4 rings (SSSR count). The second-order valence-corrected chi connectivity index (χ2v) is 6.42. The van der Waals surface area contributed by atoms with Crippen LogP contribution < -0.4 is 4.48 Å². The topological polar surface area (TPSA) is 25.8 Å². The molecule has 0 radical (unpaired) electrons. The molecule has 0 bridgehead atoms. The van der Waals surface area contributed by atoms with Crippen LogP contribution in [0.3, 0.4) is 0 Å². The van der Waals surface area contributed by atoms with Gasteiger partial charge in [-0.3, -0.25) is 4.48 Å². The predicted molar refractivity (Wildman–Crippen MR) is 94.7 cm³/mol. The smallest absolute Gasteiger partial charge is 0.145 e. The number of nitrogens with zero attached hydrogens (tertiary/aromatic N) is 3. The van der Waals surface area contributed by atoms with Crippen molar-refractivity contribution in [1.82, 2.24) is 13.2 Å². The normalized spacial score (nSPS) is 12.1. The van der Waals surface area contributed by atoms with Crippen LogP contribution in [0.1, 0.15) is 0 Å². The zero-order valence-electron chi connectivity index (χ0n) is 12.5. The number of aromatic nitrogens is 2. The van der Waals surface area contributed by atoms with Gasteiger partial charge < -0.3 is 0 Å². The fourth-order valence-electron chi connectivity index (χ4n) is 2.95. The summed E-state index contributed by atoms with van der Waals surface area (Å²) in [5, 5.41) is 2.55. The Labute approximate surface area is 133 Å². The molecule has 0 saturated heterocycles. The Bertz CT molecular complexity index is 967. The van der Waals surface area contributed by atoms with E-state index >= 15 is 0 Å². The lowest BCUT2D eigenvalue weighted by atomic mass is 10.1. The van der Waals surface area contributed by atoms with E-state index < -0.39 is 0 Å². The van der Waals surface area contributed by atoms with E-state index in [0.717, 1.165) is 11.0 Å². The molecule has 0 fully saturated rings. The fraction of sp³-hybridized carbons (Fsp3) is 0.111. The van der Waals surface area contributed by atoms with Crippen molar-refractivity contribution in [3.63, 3.8) is 0 Å². The maximum atomic E-state index is 4.37. The number of benzene rings is 3. The van der Waals surface area contributed by atoms with Crippen LogP contribution in [0.2, 0.25) is 0 Å². The van der Waals surface area contributed by atoms with Crippen LogP contribution in [0.15, 0.2) is 60.7 Å². The second kappa shape index (κ2) is 4.87. The van der Waals surface area contributed by atoms with E-state index in [2.05, 4.69) is 83.5 Å². The van der Waals surface area contributed by atoms with Gasteiger partial charge in [-0.15, -0.1) is 0 Å². The molecule has 3 nitrogen and oxygen atoms in total. The highest BCUT2D eigenvalue weighted by Gasteiger charge is 2.25. The SMILES string of the molecule is C[N+](C)(c1ccc2nsnc2c1)c1cccc2ccccc12. The first-order chi connectivity index (χ1) is 10.7. The van der Waals surface area contributed by atoms with Crippen LogP contribution in [0, 0.1) is 0 Å². The Morgan fingerprint density at radius 1 is 0.818 bits per heavy atom. The monoisotopic (exact) mass is 306 g/mol. The molecule has 0 N–H and O–H groups in total. The molecule has 4 heteroatoms. The Kier molecular flexibility index (Phi) is 2.96. The minimum absolute atomic E-state index is 0.675. The molecule has 0 unspecified atom stereocenters. The van der Waals surface area contributed by atoms with Crippen molar-refractivity contribution in [2.45, 2.75) is 0 Å². The first kappa shape index (κ1) is 13.4. The molecule has 1 aromatic heterocycles. The highest BCUT2D eigenvalue weighted by atomic mass is 32.1. The summed E-state index contributed by atoms with van der Waals surface area (Å²) in [5.74, 6) is 0. The molecule has 0 spiro atoms. The van der Waals surface area contributed by atoms with Crippen molar-refractivity contribution in [1.29, 1.82) is 0 Å². The summed E-state index contributed by atoms with van der Waals surface area (Å²) in [5.41, 5.74) is 4.41. The number of hydrogen-bond acceptors (Lipinski definition) is 3. The van der Waals surface area contributed by atoms with Crippen LogP contribution in [-0.4, -0.2) is 22.8 Å². The van der Waals surface area contributed by atoms with Gasteiger partial charge in [0.25, 0.3) is 0 Å². The van der Waals surface area contributed by atoms with E-state index in [1.165, 1.54) is 33.9 Å². The molecule has 0 amide bonds. The van der Waals surface area contributed by atoms with E-state index in [0.29, 0.717) is 4.48 Å². The third-order valence-electron chi connectivity index (χ3n) is 4.25. The van der Waals surface area contributed by atoms with Crippen LogP contribution in [0.4, 0.5) is 11.4 Å². The average molecular weight is 306 g/mol. The van der Waals surface area contributed by atoms with Gasteiger partial charge in [0.15, 0.2) is 0 Å². The summed E-state index contributed by atoms with van der Waals surface area (Å²) < 4.78 is 9.33.